The Morgan fingerprint density at radius 3 is 2.79 bits per heavy atom. The lowest BCUT2D eigenvalue weighted by molar-refractivity contribution is 0.0689. The lowest BCUT2D eigenvalue weighted by Gasteiger charge is -1.95. The molecule has 0 aliphatic rings. The summed E-state index contributed by atoms with van der Waals surface area (Å²) in [5, 5.41) is 23.0. The maximum Gasteiger partial charge on any atom is 0.356 e. The lowest BCUT2D eigenvalue weighted by atomic mass is 10.2. The van der Waals surface area contributed by atoms with Crippen molar-refractivity contribution in [3.63, 3.8) is 0 Å². The fourth-order valence-electron chi connectivity index (χ4n) is 1.95. The van der Waals surface area contributed by atoms with Crippen LogP contribution in [0.25, 0.3) is 22.4 Å². The van der Waals surface area contributed by atoms with Crippen LogP contribution in [0.2, 0.25) is 0 Å². The summed E-state index contributed by atoms with van der Waals surface area (Å²) >= 11 is 0. The maximum absolute atomic E-state index is 10.9. The van der Waals surface area contributed by atoms with E-state index in [9.17, 15) is 9.90 Å². The molecule has 2 N–H and O–H groups in total. The van der Waals surface area contributed by atoms with Crippen LogP contribution in [-0.4, -0.2) is 26.0 Å². The molecule has 19 heavy (non-hydrogen) atoms. The molecule has 0 unspecified atom stereocenters. The smallest absolute Gasteiger partial charge is 0.356 e. The van der Waals surface area contributed by atoms with Crippen LogP contribution in [0.4, 0.5) is 0 Å². The highest BCUT2D eigenvalue weighted by molar-refractivity contribution is 5.88. The van der Waals surface area contributed by atoms with Gasteiger partial charge in [0.25, 0.3) is 0 Å². The van der Waals surface area contributed by atoms with Crippen molar-refractivity contribution in [2.24, 2.45) is 7.05 Å². The van der Waals surface area contributed by atoms with Gasteiger partial charge in [0.1, 0.15) is 17.0 Å². The van der Waals surface area contributed by atoms with Crippen molar-refractivity contribution >= 4 is 16.9 Å². The molecular weight excluding hydrogens is 248 g/mol. The highest BCUT2D eigenvalue weighted by Gasteiger charge is 2.15. The first-order valence-corrected chi connectivity index (χ1v) is 5.55. The number of rotatable bonds is 2. The largest absolute Gasteiger partial charge is 0.508 e. The van der Waals surface area contributed by atoms with E-state index in [0.29, 0.717) is 17.0 Å². The van der Waals surface area contributed by atoms with Crippen LogP contribution in [0.1, 0.15) is 10.5 Å². The number of phenols is 1. The van der Waals surface area contributed by atoms with Crippen LogP contribution in [0.3, 0.4) is 0 Å². The third-order valence-electron chi connectivity index (χ3n) is 2.86. The summed E-state index contributed by atoms with van der Waals surface area (Å²) in [4.78, 5) is 10.9. The van der Waals surface area contributed by atoms with E-state index in [0.717, 1.165) is 5.39 Å². The van der Waals surface area contributed by atoms with Crippen LogP contribution in [0.15, 0.2) is 34.7 Å². The molecule has 1 aromatic carbocycles. The van der Waals surface area contributed by atoms with Gasteiger partial charge in [-0.15, -0.1) is 0 Å². The van der Waals surface area contributed by atoms with Crippen LogP contribution in [0, 0.1) is 0 Å². The number of aryl methyl sites for hydroxylation is 1. The van der Waals surface area contributed by atoms with E-state index in [1.165, 1.54) is 16.8 Å². The Morgan fingerprint density at radius 1 is 1.32 bits per heavy atom. The Bertz CT molecular complexity index is 785. The van der Waals surface area contributed by atoms with Crippen LogP contribution in [0.5, 0.6) is 5.75 Å². The average Bonchev–Trinajstić information content (AvgIpc) is 2.91. The summed E-state index contributed by atoms with van der Waals surface area (Å²) in [6.07, 6.45) is 0. The van der Waals surface area contributed by atoms with Gasteiger partial charge in [0.15, 0.2) is 11.5 Å². The van der Waals surface area contributed by atoms with Gasteiger partial charge in [-0.05, 0) is 18.2 Å². The van der Waals surface area contributed by atoms with Gasteiger partial charge in [-0.1, -0.05) is 0 Å². The lowest BCUT2D eigenvalue weighted by Crippen LogP contribution is -1.99. The van der Waals surface area contributed by atoms with Gasteiger partial charge in [-0.25, -0.2) is 4.79 Å². The third kappa shape index (κ3) is 1.83. The monoisotopic (exact) mass is 258 g/mol. The molecule has 6 nitrogen and oxygen atoms in total. The standard InChI is InChI=1S/C13H10N2O4/c1-15-10(6-9(14-15)13(17)18)12-4-7-2-3-8(16)5-11(7)19-12/h2-6,16H,1H3,(H,17,18). The van der Waals surface area contributed by atoms with E-state index in [1.54, 1.807) is 25.2 Å². The zero-order chi connectivity index (χ0) is 13.6. The number of hydrogen-bond acceptors (Lipinski definition) is 4. The van der Waals surface area contributed by atoms with Crippen molar-refractivity contribution in [3.05, 3.63) is 36.0 Å². The second kappa shape index (κ2) is 3.88. The van der Waals surface area contributed by atoms with Crippen molar-refractivity contribution in [2.75, 3.05) is 0 Å². The first-order valence-electron chi connectivity index (χ1n) is 5.55. The second-order valence-corrected chi connectivity index (χ2v) is 4.18. The molecule has 0 saturated carbocycles. The molecular formula is C13H10N2O4. The van der Waals surface area contributed by atoms with E-state index in [1.807, 2.05) is 0 Å². The van der Waals surface area contributed by atoms with Crippen molar-refractivity contribution in [3.8, 4) is 17.2 Å². The number of fused-ring (bicyclic) bond motifs is 1. The molecule has 0 aliphatic carbocycles. The number of hydrogen-bond donors (Lipinski definition) is 2. The number of carboxylic acid groups (broad SMARTS) is 1. The molecule has 3 aromatic rings. The number of benzene rings is 1. The fraction of sp³-hybridized carbons (Fsp3) is 0.0769. The molecule has 0 spiro atoms. The Balaban J connectivity index is 2.16. The normalized spacial score (nSPS) is 11.0. The molecule has 2 aromatic heterocycles. The van der Waals surface area contributed by atoms with Gasteiger partial charge in [-0.2, -0.15) is 5.10 Å². The molecule has 0 radical (unpaired) electrons. The fourth-order valence-corrected chi connectivity index (χ4v) is 1.95. The molecule has 3 rings (SSSR count). The van der Waals surface area contributed by atoms with E-state index in [2.05, 4.69) is 5.10 Å². The molecule has 0 amide bonds. The van der Waals surface area contributed by atoms with E-state index < -0.39 is 5.97 Å². The minimum absolute atomic E-state index is 0.0409. The van der Waals surface area contributed by atoms with Crippen molar-refractivity contribution in [2.45, 2.75) is 0 Å². The van der Waals surface area contributed by atoms with E-state index >= 15 is 0 Å². The van der Waals surface area contributed by atoms with Crippen molar-refractivity contribution < 1.29 is 19.4 Å². The summed E-state index contributed by atoms with van der Waals surface area (Å²) in [6.45, 7) is 0. The van der Waals surface area contributed by atoms with Crippen molar-refractivity contribution in [1.82, 2.24) is 9.78 Å². The van der Waals surface area contributed by atoms with Gasteiger partial charge in [-0.3, -0.25) is 4.68 Å². The topological polar surface area (TPSA) is 88.5 Å². The quantitative estimate of drug-likeness (QED) is 0.735. The summed E-state index contributed by atoms with van der Waals surface area (Å²) in [5.41, 5.74) is 1.06. The zero-order valence-corrected chi connectivity index (χ0v) is 9.99. The minimum atomic E-state index is -1.09. The van der Waals surface area contributed by atoms with Gasteiger partial charge in [0.05, 0.1) is 0 Å². The highest BCUT2D eigenvalue weighted by atomic mass is 16.4. The molecule has 96 valence electrons. The van der Waals surface area contributed by atoms with E-state index in [4.69, 9.17) is 9.52 Å². The number of aromatic hydroxyl groups is 1. The first-order chi connectivity index (χ1) is 9.04. The van der Waals surface area contributed by atoms with Gasteiger partial charge >= 0.3 is 5.97 Å². The summed E-state index contributed by atoms with van der Waals surface area (Å²) in [6, 6.07) is 8.02. The molecule has 0 atom stereocenters. The summed E-state index contributed by atoms with van der Waals surface area (Å²) in [7, 11) is 1.65. The number of furan rings is 1. The highest BCUT2D eigenvalue weighted by Crippen LogP contribution is 2.29. The predicted octanol–water partition coefficient (Wildman–Crippen LogP) is 2.24. The van der Waals surface area contributed by atoms with Crippen LogP contribution < -0.4 is 0 Å². The molecule has 6 heteroatoms. The third-order valence-corrected chi connectivity index (χ3v) is 2.86. The molecule has 2 heterocycles. The Labute approximate surface area is 107 Å². The van der Waals surface area contributed by atoms with Crippen LogP contribution in [-0.2, 0) is 7.05 Å². The van der Waals surface area contributed by atoms with Crippen LogP contribution >= 0.6 is 0 Å². The van der Waals surface area contributed by atoms with Gasteiger partial charge in [0, 0.05) is 24.6 Å². The van der Waals surface area contributed by atoms with Gasteiger partial charge in [0.2, 0.25) is 0 Å². The maximum atomic E-state index is 10.9. The Morgan fingerprint density at radius 2 is 2.11 bits per heavy atom. The zero-order valence-electron chi connectivity index (χ0n) is 9.99. The molecule has 0 aliphatic heterocycles. The minimum Gasteiger partial charge on any atom is -0.508 e. The summed E-state index contributed by atoms with van der Waals surface area (Å²) < 4.78 is 7.04. The summed E-state index contributed by atoms with van der Waals surface area (Å²) in [5.74, 6) is -0.469. The number of nitrogens with zero attached hydrogens (tertiary/aromatic N) is 2. The predicted molar refractivity (Wildman–Crippen MR) is 67.0 cm³/mol. The molecule has 0 saturated heterocycles. The van der Waals surface area contributed by atoms with Gasteiger partial charge < -0.3 is 14.6 Å². The molecule has 0 fully saturated rings. The molecule has 0 bridgehead atoms. The number of carbonyl (C=O) groups is 1. The van der Waals surface area contributed by atoms with Crippen molar-refractivity contribution in [1.29, 1.82) is 0 Å². The Hall–Kier alpha value is -2.76. The number of aromatic carboxylic acids is 1. The average molecular weight is 258 g/mol. The van der Waals surface area contributed by atoms with E-state index in [-0.39, 0.29) is 11.4 Å². The number of carboxylic acids is 1. The number of phenolic OH excluding ortho intramolecular Hbond substituents is 1. The Kier molecular flexibility index (Phi) is 2.31. The second-order valence-electron chi connectivity index (χ2n) is 4.18. The first kappa shape index (κ1) is 11.3. The number of aromatic nitrogens is 2. The SMILES string of the molecule is Cn1nc(C(=O)O)cc1-c1cc2ccc(O)cc2o1.